The Hall–Kier alpha value is -1.96. The SMILES string of the molecule is CC(C)N1CCC(CN2CCC(c3cnc(Nc4ccnc(Cl)c4)nc3N)CC2)CC1. The maximum Gasteiger partial charge on any atom is 0.229 e. The number of piperidine rings is 2. The largest absolute Gasteiger partial charge is 0.383 e. The first-order valence-electron chi connectivity index (χ1n) is 11.5. The molecule has 4 rings (SSSR count). The number of hydrogen-bond acceptors (Lipinski definition) is 7. The highest BCUT2D eigenvalue weighted by Gasteiger charge is 2.27. The summed E-state index contributed by atoms with van der Waals surface area (Å²) in [5.74, 6) is 2.32. The molecule has 0 bridgehead atoms. The van der Waals surface area contributed by atoms with Crippen molar-refractivity contribution in [3.05, 3.63) is 35.2 Å². The highest BCUT2D eigenvalue weighted by molar-refractivity contribution is 6.29. The van der Waals surface area contributed by atoms with Crippen LogP contribution in [0.5, 0.6) is 0 Å². The molecule has 0 unspecified atom stereocenters. The second-order valence-electron chi connectivity index (χ2n) is 9.17. The van der Waals surface area contributed by atoms with Crippen LogP contribution >= 0.6 is 11.6 Å². The van der Waals surface area contributed by atoms with Crippen molar-refractivity contribution in [2.45, 2.75) is 51.5 Å². The van der Waals surface area contributed by atoms with E-state index in [1.54, 1.807) is 12.3 Å². The molecule has 0 aromatic carbocycles. The third kappa shape index (κ3) is 5.84. The van der Waals surface area contributed by atoms with E-state index < -0.39 is 0 Å². The molecule has 3 N–H and O–H groups in total. The van der Waals surface area contributed by atoms with Crippen LogP contribution in [0, 0.1) is 5.92 Å². The molecule has 7 nitrogen and oxygen atoms in total. The first-order valence-corrected chi connectivity index (χ1v) is 11.8. The monoisotopic (exact) mass is 443 g/mol. The van der Waals surface area contributed by atoms with Crippen LogP contribution < -0.4 is 11.1 Å². The second-order valence-corrected chi connectivity index (χ2v) is 9.56. The molecule has 2 fully saturated rings. The number of anilines is 3. The minimum absolute atomic E-state index is 0.423. The minimum atomic E-state index is 0.423. The van der Waals surface area contributed by atoms with E-state index in [4.69, 9.17) is 17.3 Å². The Labute approximate surface area is 190 Å². The van der Waals surface area contributed by atoms with Gasteiger partial charge in [0.15, 0.2) is 0 Å². The van der Waals surface area contributed by atoms with Crippen LogP contribution in [0.15, 0.2) is 24.5 Å². The van der Waals surface area contributed by atoms with Crippen LogP contribution in [0.1, 0.15) is 51.0 Å². The van der Waals surface area contributed by atoms with Gasteiger partial charge in [0.05, 0.1) is 0 Å². The van der Waals surface area contributed by atoms with E-state index in [1.165, 1.54) is 32.5 Å². The highest BCUT2D eigenvalue weighted by atomic mass is 35.5. The number of nitrogens with one attached hydrogen (secondary N) is 1. The van der Waals surface area contributed by atoms with Gasteiger partial charge >= 0.3 is 0 Å². The number of aromatic nitrogens is 3. The Bertz CT molecular complexity index is 859. The predicted molar refractivity (Wildman–Crippen MR) is 127 cm³/mol. The van der Waals surface area contributed by atoms with Crippen molar-refractivity contribution in [1.82, 2.24) is 24.8 Å². The predicted octanol–water partition coefficient (Wildman–Crippen LogP) is 4.15. The van der Waals surface area contributed by atoms with Crippen LogP contribution in [-0.4, -0.2) is 63.5 Å². The smallest absolute Gasteiger partial charge is 0.229 e. The van der Waals surface area contributed by atoms with Crippen LogP contribution in [-0.2, 0) is 0 Å². The summed E-state index contributed by atoms with van der Waals surface area (Å²) in [5, 5.41) is 3.56. The summed E-state index contributed by atoms with van der Waals surface area (Å²) in [4.78, 5) is 18.2. The molecular formula is C23H34ClN7. The molecule has 8 heteroatoms. The normalized spacial score (nSPS) is 19.7. The van der Waals surface area contributed by atoms with Crippen molar-refractivity contribution in [2.24, 2.45) is 5.92 Å². The first-order chi connectivity index (χ1) is 15.0. The molecule has 31 heavy (non-hydrogen) atoms. The quantitative estimate of drug-likeness (QED) is 0.648. The van der Waals surface area contributed by atoms with Crippen LogP contribution in [0.4, 0.5) is 17.5 Å². The van der Waals surface area contributed by atoms with Crippen molar-refractivity contribution in [2.75, 3.05) is 43.8 Å². The number of halogens is 1. The van der Waals surface area contributed by atoms with Crippen molar-refractivity contribution >= 4 is 29.1 Å². The maximum absolute atomic E-state index is 6.31. The molecule has 0 spiro atoms. The minimum Gasteiger partial charge on any atom is -0.383 e. The van der Waals surface area contributed by atoms with E-state index >= 15 is 0 Å². The number of pyridine rings is 1. The summed E-state index contributed by atoms with van der Waals surface area (Å²) in [6.45, 7) is 10.6. The highest BCUT2D eigenvalue weighted by Crippen LogP contribution is 2.32. The van der Waals surface area contributed by atoms with Gasteiger partial charge < -0.3 is 20.9 Å². The van der Waals surface area contributed by atoms with Crippen molar-refractivity contribution in [1.29, 1.82) is 0 Å². The number of hydrogen-bond donors (Lipinski definition) is 2. The van der Waals surface area contributed by atoms with Gasteiger partial charge in [0, 0.05) is 36.2 Å². The van der Waals surface area contributed by atoms with Gasteiger partial charge in [0.1, 0.15) is 11.0 Å². The lowest BCUT2D eigenvalue weighted by Crippen LogP contribution is -2.43. The van der Waals surface area contributed by atoms with E-state index in [0.29, 0.717) is 28.9 Å². The summed E-state index contributed by atoms with van der Waals surface area (Å²) in [6, 6.07) is 4.23. The lowest BCUT2D eigenvalue weighted by Gasteiger charge is -2.39. The molecule has 2 aromatic rings. The Morgan fingerprint density at radius 2 is 1.87 bits per heavy atom. The fourth-order valence-electron chi connectivity index (χ4n) is 4.83. The number of rotatable bonds is 6. The van der Waals surface area contributed by atoms with Gasteiger partial charge in [-0.3, -0.25) is 0 Å². The van der Waals surface area contributed by atoms with Gasteiger partial charge in [-0.05, 0) is 89.7 Å². The van der Waals surface area contributed by atoms with Crippen molar-refractivity contribution in [3.8, 4) is 0 Å². The number of nitrogen functional groups attached to an aromatic ring is 1. The molecule has 0 aliphatic carbocycles. The molecule has 0 amide bonds. The third-order valence-electron chi connectivity index (χ3n) is 6.75. The van der Waals surface area contributed by atoms with E-state index in [0.717, 1.165) is 43.1 Å². The molecule has 2 aliphatic rings. The van der Waals surface area contributed by atoms with Crippen LogP contribution in [0.25, 0.3) is 0 Å². The molecule has 2 aliphatic heterocycles. The van der Waals surface area contributed by atoms with E-state index in [-0.39, 0.29) is 0 Å². The Morgan fingerprint density at radius 3 is 2.52 bits per heavy atom. The summed E-state index contributed by atoms with van der Waals surface area (Å²) in [6.07, 6.45) is 8.42. The fraction of sp³-hybridized carbons (Fsp3) is 0.609. The van der Waals surface area contributed by atoms with Crippen molar-refractivity contribution in [3.63, 3.8) is 0 Å². The van der Waals surface area contributed by atoms with Crippen molar-refractivity contribution < 1.29 is 0 Å². The molecule has 0 atom stereocenters. The Balaban J connectivity index is 1.28. The van der Waals surface area contributed by atoms with Crippen LogP contribution in [0.3, 0.4) is 0 Å². The van der Waals surface area contributed by atoms with E-state index in [2.05, 4.69) is 43.9 Å². The van der Waals surface area contributed by atoms with Gasteiger partial charge in [-0.15, -0.1) is 0 Å². The third-order valence-corrected chi connectivity index (χ3v) is 6.96. The molecule has 0 radical (unpaired) electrons. The standard InChI is InChI=1S/C23H34ClN7/c1-16(2)31-11-4-17(5-12-31)15-30-9-6-18(7-10-30)20-14-27-23(29-22(20)25)28-19-3-8-26-21(24)13-19/h3,8,13-14,16-18H,4-7,9-12,15H2,1-2H3,(H3,25,26,27,28,29). The lowest BCUT2D eigenvalue weighted by atomic mass is 9.89. The Morgan fingerprint density at radius 1 is 1.13 bits per heavy atom. The number of nitrogens with two attached hydrogens (primary N) is 1. The molecular weight excluding hydrogens is 410 g/mol. The molecule has 2 aromatic heterocycles. The zero-order valence-electron chi connectivity index (χ0n) is 18.6. The summed E-state index contributed by atoms with van der Waals surface area (Å²) < 4.78 is 0. The second kappa shape index (κ2) is 10.1. The molecule has 4 heterocycles. The Kier molecular flexibility index (Phi) is 7.25. The van der Waals surface area contributed by atoms with Gasteiger partial charge in [-0.25, -0.2) is 9.97 Å². The van der Waals surface area contributed by atoms with Crippen LogP contribution in [0.2, 0.25) is 5.15 Å². The molecule has 168 valence electrons. The molecule has 0 saturated carbocycles. The maximum atomic E-state index is 6.31. The molecule has 2 saturated heterocycles. The average Bonchev–Trinajstić information content (AvgIpc) is 2.75. The average molecular weight is 444 g/mol. The van der Waals surface area contributed by atoms with Gasteiger partial charge in [-0.2, -0.15) is 4.98 Å². The summed E-state index contributed by atoms with van der Waals surface area (Å²) >= 11 is 5.94. The first kappa shape index (κ1) is 22.2. The van der Waals surface area contributed by atoms with E-state index in [1.807, 2.05) is 12.3 Å². The number of nitrogens with zero attached hydrogens (tertiary/aromatic N) is 5. The fourth-order valence-corrected chi connectivity index (χ4v) is 5.01. The number of likely N-dealkylation sites (tertiary alicyclic amines) is 2. The van der Waals surface area contributed by atoms with E-state index in [9.17, 15) is 0 Å². The van der Waals surface area contributed by atoms with Gasteiger partial charge in [0.2, 0.25) is 5.95 Å². The summed E-state index contributed by atoms with van der Waals surface area (Å²) in [7, 11) is 0. The summed E-state index contributed by atoms with van der Waals surface area (Å²) in [5.41, 5.74) is 8.17. The van der Waals surface area contributed by atoms with Gasteiger partial charge in [-0.1, -0.05) is 11.6 Å². The zero-order chi connectivity index (χ0) is 21.8. The van der Waals surface area contributed by atoms with Gasteiger partial charge in [0.25, 0.3) is 0 Å². The topological polar surface area (TPSA) is 83.2 Å². The zero-order valence-corrected chi connectivity index (χ0v) is 19.4. The lowest BCUT2D eigenvalue weighted by molar-refractivity contribution is 0.111.